The first kappa shape index (κ1) is 21.1. The number of nitrogens with zero attached hydrogens (tertiary/aromatic N) is 1. The zero-order valence-electron chi connectivity index (χ0n) is 17.0. The van der Waals surface area contributed by atoms with Crippen LogP contribution in [0.15, 0.2) is 48.5 Å². The van der Waals surface area contributed by atoms with Gasteiger partial charge in [0.25, 0.3) is 5.91 Å². The van der Waals surface area contributed by atoms with Crippen LogP contribution in [0.1, 0.15) is 34.3 Å². The van der Waals surface area contributed by atoms with Gasteiger partial charge in [-0.3, -0.25) is 14.4 Å². The maximum atomic E-state index is 12.7. The molecule has 1 heterocycles. The van der Waals surface area contributed by atoms with E-state index in [4.69, 9.17) is 6.42 Å². The van der Waals surface area contributed by atoms with Crippen LogP contribution in [0.5, 0.6) is 0 Å². The van der Waals surface area contributed by atoms with E-state index in [0.29, 0.717) is 36.3 Å². The highest BCUT2D eigenvalue weighted by atomic mass is 16.2. The molecule has 1 atom stereocenters. The lowest BCUT2D eigenvalue weighted by molar-refractivity contribution is -0.128. The van der Waals surface area contributed by atoms with Gasteiger partial charge in [0.05, 0.1) is 12.5 Å². The van der Waals surface area contributed by atoms with Crippen molar-refractivity contribution in [1.82, 2.24) is 10.2 Å². The summed E-state index contributed by atoms with van der Waals surface area (Å²) in [6, 6.07) is 14.4. The number of amides is 3. The Balaban J connectivity index is 1.51. The third kappa shape index (κ3) is 5.48. The lowest BCUT2D eigenvalue weighted by Gasteiger charge is -2.32. The normalized spacial score (nSPS) is 15.7. The lowest BCUT2D eigenvalue weighted by Crippen LogP contribution is -2.46. The highest BCUT2D eigenvalue weighted by molar-refractivity contribution is 5.96. The molecule has 0 radical (unpaired) electrons. The number of anilines is 1. The average molecular weight is 403 g/mol. The summed E-state index contributed by atoms with van der Waals surface area (Å²) in [5, 5.41) is 5.39. The highest BCUT2D eigenvalue weighted by Gasteiger charge is 2.29. The van der Waals surface area contributed by atoms with Crippen LogP contribution >= 0.6 is 0 Å². The van der Waals surface area contributed by atoms with Gasteiger partial charge in [-0.05, 0) is 50.1 Å². The average Bonchev–Trinajstić information content (AvgIpc) is 2.77. The Morgan fingerprint density at radius 3 is 2.67 bits per heavy atom. The molecule has 3 amide bonds. The molecule has 2 aromatic rings. The summed E-state index contributed by atoms with van der Waals surface area (Å²) >= 11 is 0. The number of terminal acetylenes is 1. The fourth-order valence-corrected chi connectivity index (χ4v) is 3.46. The van der Waals surface area contributed by atoms with Crippen LogP contribution in [0.4, 0.5) is 5.69 Å². The zero-order chi connectivity index (χ0) is 21.5. The molecule has 6 heteroatoms. The number of carbonyl (C=O) groups is 3. The second kappa shape index (κ2) is 9.75. The number of carbonyl (C=O) groups excluding carboxylic acids is 3. The van der Waals surface area contributed by atoms with Crippen LogP contribution in [0, 0.1) is 25.2 Å². The first-order valence-corrected chi connectivity index (χ1v) is 9.96. The number of benzene rings is 2. The summed E-state index contributed by atoms with van der Waals surface area (Å²) in [5.41, 5.74) is 2.96. The van der Waals surface area contributed by atoms with Gasteiger partial charge in [0, 0.05) is 29.9 Å². The van der Waals surface area contributed by atoms with Crippen molar-refractivity contribution < 1.29 is 14.4 Å². The Hall–Kier alpha value is -3.59. The maximum absolute atomic E-state index is 12.7. The van der Waals surface area contributed by atoms with Crippen LogP contribution in [0.3, 0.4) is 0 Å². The number of hydrogen-bond acceptors (Lipinski definition) is 3. The summed E-state index contributed by atoms with van der Waals surface area (Å²) in [4.78, 5) is 39.1. The van der Waals surface area contributed by atoms with E-state index < -0.39 is 0 Å². The van der Waals surface area contributed by atoms with E-state index >= 15 is 0 Å². The van der Waals surface area contributed by atoms with E-state index in [9.17, 15) is 14.4 Å². The van der Waals surface area contributed by atoms with Gasteiger partial charge in [0.1, 0.15) is 0 Å². The molecule has 2 aromatic carbocycles. The third-order valence-corrected chi connectivity index (χ3v) is 5.11. The fraction of sp³-hybridized carbons (Fsp3) is 0.292. The minimum Gasteiger partial charge on any atom is -0.347 e. The second-order valence-corrected chi connectivity index (χ2v) is 7.45. The quantitative estimate of drug-likeness (QED) is 0.754. The molecule has 0 aliphatic carbocycles. The molecule has 3 rings (SSSR count). The van der Waals surface area contributed by atoms with Crippen LogP contribution in [0.2, 0.25) is 0 Å². The van der Waals surface area contributed by atoms with E-state index in [1.54, 1.807) is 41.3 Å². The highest BCUT2D eigenvalue weighted by Crippen LogP contribution is 2.19. The first-order valence-electron chi connectivity index (χ1n) is 9.96. The molecular weight excluding hydrogens is 378 g/mol. The van der Waals surface area contributed by atoms with E-state index in [2.05, 4.69) is 16.6 Å². The van der Waals surface area contributed by atoms with Gasteiger partial charge in [-0.1, -0.05) is 29.7 Å². The van der Waals surface area contributed by atoms with Crippen LogP contribution in [-0.2, 0) is 9.59 Å². The number of likely N-dealkylation sites (tertiary alicyclic amines) is 1. The van der Waals surface area contributed by atoms with Gasteiger partial charge >= 0.3 is 0 Å². The smallest absolute Gasteiger partial charge is 0.253 e. The first-order chi connectivity index (χ1) is 14.5. The molecule has 6 nitrogen and oxygen atoms in total. The van der Waals surface area contributed by atoms with Crippen LogP contribution < -0.4 is 10.6 Å². The molecular formula is C24H25N3O3. The summed E-state index contributed by atoms with van der Waals surface area (Å²) in [5.74, 6) is 1.56. The molecule has 1 unspecified atom stereocenters. The van der Waals surface area contributed by atoms with Gasteiger partial charge in [-0.25, -0.2) is 0 Å². The van der Waals surface area contributed by atoms with Gasteiger partial charge in [-0.2, -0.15) is 0 Å². The summed E-state index contributed by atoms with van der Waals surface area (Å²) < 4.78 is 0. The van der Waals surface area contributed by atoms with Crippen molar-refractivity contribution in [3.05, 3.63) is 65.2 Å². The minimum absolute atomic E-state index is 0.0707. The Bertz CT molecular complexity index is 976. The Labute approximate surface area is 176 Å². The summed E-state index contributed by atoms with van der Waals surface area (Å²) in [6.07, 6.45) is 6.80. The van der Waals surface area contributed by atoms with Gasteiger partial charge in [0.2, 0.25) is 11.8 Å². The Kier molecular flexibility index (Phi) is 6.87. The molecule has 2 N–H and O–H groups in total. The number of nitrogens with one attached hydrogen (secondary N) is 2. The molecule has 0 aromatic heterocycles. The standard InChI is InChI=1S/C24H25N3O3/c1-3-18-6-4-8-21(14-18)26-22(28)15-25-23(29)20-7-5-13-27(16-20)24(30)19-11-9-17(2)10-12-19/h1,4,6,8-12,14,20H,5,7,13,15-16H2,2H3,(H,25,29)(H,26,28). The molecule has 0 saturated carbocycles. The van der Waals surface area contributed by atoms with E-state index in [0.717, 1.165) is 12.0 Å². The number of piperidine rings is 1. The van der Waals surface area contributed by atoms with Crippen molar-refractivity contribution in [2.24, 2.45) is 5.92 Å². The molecule has 0 spiro atoms. The fourth-order valence-electron chi connectivity index (χ4n) is 3.46. The molecule has 1 saturated heterocycles. The molecule has 1 fully saturated rings. The van der Waals surface area contributed by atoms with Crippen molar-refractivity contribution in [3.63, 3.8) is 0 Å². The van der Waals surface area contributed by atoms with Gasteiger partial charge in [-0.15, -0.1) is 6.42 Å². The van der Waals surface area contributed by atoms with Crippen molar-refractivity contribution in [2.45, 2.75) is 19.8 Å². The van der Waals surface area contributed by atoms with Crippen molar-refractivity contribution in [2.75, 3.05) is 25.0 Å². The number of hydrogen-bond donors (Lipinski definition) is 2. The largest absolute Gasteiger partial charge is 0.347 e. The monoisotopic (exact) mass is 403 g/mol. The Morgan fingerprint density at radius 1 is 1.17 bits per heavy atom. The van der Waals surface area contributed by atoms with Crippen molar-refractivity contribution in [1.29, 1.82) is 0 Å². The van der Waals surface area contributed by atoms with Crippen LogP contribution in [-0.4, -0.2) is 42.3 Å². The minimum atomic E-state index is -0.332. The summed E-state index contributed by atoms with van der Waals surface area (Å²) in [7, 11) is 0. The SMILES string of the molecule is C#Cc1cccc(NC(=O)CNC(=O)C2CCCN(C(=O)c3ccc(C)cc3)C2)c1. The van der Waals surface area contributed by atoms with E-state index in [1.165, 1.54) is 0 Å². The topological polar surface area (TPSA) is 78.5 Å². The summed E-state index contributed by atoms with van der Waals surface area (Å²) in [6.45, 7) is 2.81. The van der Waals surface area contributed by atoms with Crippen molar-refractivity contribution >= 4 is 23.4 Å². The van der Waals surface area contributed by atoms with Crippen molar-refractivity contribution in [3.8, 4) is 12.3 Å². The molecule has 1 aliphatic rings. The lowest BCUT2D eigenvalue weighted by atomic mass is 9.96. The van der Waals surface area contributed by atoms with E-state index in [1.807, 2.05) is 19.1 Å². The number of aryl methyl sites for hydroxylation is 1. The number of rotatable bonds is 5. The maximum Gasteiger partial charge on any atom is 0.253 e. The molecule has 30 heavy (non-hydrogen) atoms. The van der Waals surface area contributed by atoms with Gasteiger partial charge < -0.3 is 15.5 Å². The van der Waals surface area contributed by atoms with Gasteiger partial charge in [0.15, 0.2) is 0 Å². The zero-order valence-corrected chi connectivity index (χ0v) is 17.0. The predicted octanol–water partition coefficient (Wildman–Crippen LogP) is 2.58. The molecule has 0 bridgehead atoms. The predicted molar refractivity (Wildman–Crippen MR) is 116 cm³/mol. The molecule has 154 valence electrons. The van der Waals surface area contributed by atoms with Crippen LogP contribution in [0.25, 0.3) is 0 Å². The Morgan fingerprint density at radius 2 is 1.93 bits per heavy atom. The third-order valence-electron chi connectivity index (χ3n) is 5.11. The van der Waals surface area contributed by atoms with E-state index in [-0.39, 0.29) is 30.2 Å². The second-order valence-electron chi connectivity index (χ2n) is 7.45. The molecule has 1 aliphatic heterocycles.